The Morgan fingerprint density at radius 2 is 1.75 bits per heavy atom. The second kappa shape index (κ2) is 12.8. The maximum absolute atomic E-state index is 12.4. The average Bonchev–Trinajstić information content (AvgIpc) is 3.22. The number of carbonyl (C=O) groups excluding carboxylic acids is 1. The van der Waals surface area contributed by atoms with Crippen molar-refractivity contribution in [1.29, 1.82) is 5.26 Å². The Hall–Kier alpha value is -3.02. The maximum Gasteiger partial charge on any atom is 0.320 e. The topological polar surface area (TPSA) is 75.0 Å². The SMILES string of the molecule is COc1ccc(C(C#N)=Cc2ccc(N3CCC(OC(=O)CN4CCCCCC4)CC3)s2)cc1OC. The number of hydrogen-bond donors (Lipinski definition) is 0. The number of rotatable bonds is 8. The van der Waals surface area contributed by atoms with Gasteiger partial charge in [-0.2, -0.15) is 5.26 Å². The van der Waals surface area contributed by atoms with E-state index >= 15 is 0 Å². The number of likely N-dealkylation sites (tertiary alicyclic amines) is 1. The lowest BCUT2D eigenvalue weighted by atomic mass is 10.1. The number of nitrogens with zero attached hydrogens (tertiary/aromatic N) is 3. The highest BCUT2D eigenvalue weighted by Gasteiger charge is 2.24. The first-order chi connectivity index (χ1) is 17.6. The van der Waals surface area contributed by atoms with Crippen molar-refractivity contribution in [3.05, 3.63) is 40.8 Å². The molecule has 0 radical (unpaired) electrons. The van der Waals surface area contributed by atoms with Gasteiger partial charge in [0, 0.05) is 30.8 Å². The predicted octanol–water partition coefficient (Wildman–Crippen LogP) is 5.22. The van der Waals surface area contributed by atoms with Crippen molar-refractivity contribution < 1.29 is 19.0 Å². The summed E-state index contributed by atoms with van der Waals surface area (Å²) in [4.78, 5) is 18.0. The van der Waals surface area contributed by atoms with E-state index in [4.69, 9.17) is 14.2 Å². The van der Waals surface area contributed by atoms with E-state index in [1.54, 1.807) is 25.6 Å². The molecule has 4 rings (SSSR count). The normalized spacial score (nSPS) is 17.8. The Balaban J connectivity index is 1.32. The van der Waals surface area contributed by atoms with Gasteiger partial charge in [0.25, 0.3) is 0 Å². The van der Waals surface area contributed by atoms with Crippen LogP contribution in [0.25, 0.3) is 11.6 Å². The molecule has 0 unspecified atom stereocenters. The summed E-state index contributed by atoms with van der Waals surface area (Å²) in [5, 5.41) is 10.9. The Bertz CT molecular complexity index is 1090. The third kappa shape index (κ3) is 6.80. The molecule has 0 saturated carbocycles. The minimum atomic E-state index is -0.0851. The largest absolute Gasteiger partial charge is 0.493 e. The molecule has 0 spiro atoms. The molecule has 2 aliphatic rings. The molecule has 7 nitrogen and oxygen atoms in total. The molecule has 0 atom stereocenters. The van der Waals surface area contributed by atoms with E-state index in [1.807, 2.05) is 30.3 Å². The lowest BCUT2D eigenvalue weighted by molar-refractivity contribution is -0.151. The van der Waals surface area contributed by atoms with E-state index in [9.17, 15) is 10.1 Å². The molecule has 0 N–H and O–H groups in total. The Kier molecular flexibility index (Phi) is 9.26. The first kappa shape index (κ1) is 26.1. The van der Waals surface area contributed by atoms with Gasteiger partial charge in [0.2, 0.25) is 0 Å². The van der Waals surface area contributed by atoms with Crippen molar-refractivity contribution in [2.24, 2.45) is 0 Å². The van der Waals surface area contributed by atoms with Crippen LogP contribution < -0.4 is 14.4 Å². The molecule has 192 valence electrons. The van der Waals surface area contributed by atoms with Crippen LogP contribution in [0.15, 0.2) is 30.3 Å². The van der Waals surface area contributed by atoms with Gasteiger partial charge in [-0.1, -0.05) is 12.8 Å². The van der Waals surface area contributed by atoms with Gasteiger partial charge in [-0.15, -0.1) is 11.3 Å². The highest BCUT2D eigenvalue weighted by atomic mass is 32.1. The predicted molar refractivity (Wildman–Crippen MR) is 144 cm³/mol. The van der Waals surface area contributed by atoms with Crippen molar-refractivity contribution >= 4 is 34.0 Å². The fourth-order valence-corrected chi connectivity index (χ4v) is 5.81. The standard InChI is InChI=1S/C28H35N3O4S/c1-33-25-9-7-21(18-26(25)34-2)22(19-29)17-24-8-10-27(36-24)31-15-11-23(12-16-31)35-28(32)20-30-13-5-3-4-6-14-30/h7-10,17-18,23H,3-6,11-16,20H2,1-2H3. The monoisotopic (exact) mass is 509 g/mol. The Morgan fingerprint density at radius 1 is 1.03 bits per heavy atom. The van der Waals surface area contributed by atoms with Crippen LogP contribution in [0, 0.1) is 11.3 Å². The molecule has 1 aromatic carbocycles. The number of methoxy groups -OCH3 is 2. The molecule has 36 heavy (non-hydrogen) atoms. The maximum atomic E-state index is 12.4. The van der Waals surface area contributed by atoms with Gasteiger partial charge in [-0.3, -0.25) is 9.69 Å². The first-order valence-corrected chi connectivity index (χ1v) is 13.5. The average molecular weight is 510 g/mol. The second-order valence-electron chi connectivity index (χ2n) is 9.28. The summed E-state index contributed by atoms with van der Waals surface area (Å²) in [6, 6.07) is 12.0. The smallest absolute Gasteiger partial charge is 0.320 e. The van der Waals surface area contributed by atoms with Gasteiger partial charge < -0.3 is 19.1 Å². The lowest BCUT2D eigenvalue weighted by Gasteiger charge is -2.32. The molecule has 2 aromatic rings. The number of esters is 1. The summed E-state index contributed by atoms with van der Waals surface area (Å²) < 4.78 is 16.5. The van der Waals surface area contributed by atoms with E-state index in [1.165, 1.54) is 30.7 Å². The minimum absolute atomic E-state index is 0.00435. The van der Waals surface area contributed by atoms with Gasteiger partial charge >= 0.3 is 5.97 Å². The highest BCUT2D eigenvalue weighted by molar-refractivity contribution is 7.17. The zero-order valence-electron chi connectivity index (χ0n) is 21.2. The third-order valence-corrected chi connectivity index (χ3v) is 7.91. The second-order valence-corrected chi connectivity index (χ2v) is 10.4. The van der Waals surface area contributed by atoms with E-state index in [0.717, 1.165) is 49.5 Å². The first-order valence-electron chi connectivity index (χ1n) is 12.7. The van der Waals surface area contributed by atoms with E-state index < -0.39 is 0 Å². The molecular formula is C28H35N3O4S. The van der Waals surface area contributed by atoms with Crippen LogP contribution in [0.2, 0.25) is 0 Å². The van der Waals surface area contributed by atoms with Crippen molar-refractivity contribution in [3.8, 4) is 17.6 Å². The number of allylic oxidation sites excluding steroid dienone is 1. The summed E-state index contributed by atoms with van der Waals surface area (Å²) in [6.07, 6.45) is 8.45. The number of carbonyl (C=O) groups is 1. The van der Waals surface area contributed by atoms with Crippen molar-refractivity contribution in [2.45, 2.75) is 44.6 Å². The summed E-state index contributed by atoms with van der Waals surface area (Å²) in [5.74, 6) is 1.14. The third-order valence-electron chi connectivity index (χ3n) is 6.82. The van der Waals surface area contributed by atoms with Gasteiger partial charge in [0.1, 0.15) is 6.10 Å². The molecular weight excluding hydrogens is 474 g/mol. The van der Waals surface area contributed by atoms with E-state index in [0.29, 0.717) is 23.6 Å². The molecule has 2 fully saturated rings. The van der Waals surface area contributed by atoms with Crippen LogP contribution >= 0.6 is 11.3 Å². The molecule has 1 aromatic heterocycles. The van der Waals surface area contributed by atoms with Crippen LogP contribution in [0.4, 0.5) is 5.00 Å². The molecule has 2 saturated heterocycles. The van der Waals surface area contributed by atoms with Gasteiger partial charge in [-0.25, -0.2) is 0 Å². The van der Waals surface area contributed by atoms with Crippen LogP contribution in [0.1, 0.15) is 49.0 Å². The van der Waals surface area contributed by atoms with Crippen molar-refractivity contribution in [2.75, 3.05) is 51.8 Å². The fraction of sp³-hybridized carbons (Fsp3) is 0.500. The van der Waals surface area contributed by atoms with Crippen LogP contribution in [0.5, 0.6) is 11.5 Å². The number of nitriles is 1. The minimum Gasteiger partial charge on any atom is -0.493 e. The number of ether oxygens (including phenoxy) is 3. The Labute approximate surface area is 217 Å². The van der Waals surface area contributed by atoms with Crippen LogP contribution in [-0.4, -0.2) is 63.9 Å². The molecule has 0 bridgehead atoms. The van der Waals surface area contributed by atoms with Gasteiger partial charge in [0.15, 0.2) is 11.5 Å². The number of thiophene rings is 1. The summed E-state index contributed by atoms with van der Waals surface area (Å²) in [7, 11) is 3.18. The molecule has 2 aliphatic heterocycles. The number of piperidine rings is 1. The van der Waals surface area contributed by atoms with Gasteiger partial charge in [-0.05, 0) is 67.9 Å². The zero-order chi connectivity index (χ0) is 25.3. The van der Waals surface area contributed by atoms with Crippen LogP contribution in [-0.2, 0) is 9.53 Å². The van der Waals surface area contributed by atoms with Crippen molar-refractivity contribution in [1.82, 2.24) is 4.90 Å². The molecule has 0 aliphatic carbocycles. The number of benzene rings is 1. The molecule has 8 heteroatoms. The summed E-state index contributed by atoms with van der Waals surface area (Å²) in [5.41, 5.74) is 1.35. The summed E-state index contributed by atoms with van der Waals surface area (Å²) in [6.45, 7) is 4.13. The lowest BCUT2D eigenvalue weighted by Crippen LogP contribution is -2.39. The summed E-state index contributed by atoms with van der Waals surface area (Å²) >= 11 is 1.66. The quantitative estimate of drug-likeness (QED) is 0.357. The fourth-order valence-electron chi connectivity index (χ4n) is 4.81. The van der Waals surface area contributed by atoms with Gasteiger partial charge in [0.05, 0.1) is 37.4 Å². The zero-order valence-corrected chi connectivity index (χ0v) is 22.0. The number of hydrogen-bond acceptors (Lipinski definition) is 8. The number of anilines is 1. The van der Waals surface area contributed by atoms with E-state index in [2.05, 4.69) is 21.9 Å². The molecule has 3 heterocycles. The highest BCUT2D eigenvalue weighted by Crippen LogP contribution is 2.34. The van der Waals surface area contributed by atoms with Crippen molar-refractivity contribution in [3.63, 3.8) is 0 Å². The van der Waals surface area contributed by atoms with E-state index in [-0.39, 0.29) is 12.1 Å². The molecule has 0 amide bonds. The van der Waals surface area contributed by atoms with Crippen LogP contribution in [0.3, 0.4) is 0 Å². The Morgan fingerprint density at radius 3 is 2.42 bits per heavy atom.